The van der Waals surface area contributed by atoms with Gasteiger partial charge in [-0.05, 0) is 59.4 Å². The number of rotatable bonds is 2. The van der Waals surface area contributed by atoms with Gasteiger partial charge in [0.05, 0.1) is 0 Å². The van der Waals surface area contributed by atoms with Crippen LogP contribution in [0, 0.1) is 0 Å². The van der Waals surface area contributed by atoms with Crippen molar-refractivity contribution in [1.82, 2.24) is 0 Å². The van der Waals surface area contributed by atoms with E-state index in [-0.39, 0.29) is 0 Å². The van der Waals surface area contributed by atoms with Crippen molar-refractivity contribution in [1.29, 1.82) is 0 Å². The van der Waals surface area contributed by atoms with Crippen LogP contribution in [0.15, 0.2) is 48.5 Å². The second-order valence-corrected chi connectivity index (χ2v) is 6.50. The normalized spacial score (nSPS) is 20.9. The summed E-state index contributed by atoms with van der Waals surface area (Å²) < 4.78 is 0. The van der Waals surface area contributed by atoms with E-state index in [1.807, 2.05) is 0 Å². The topological polar surface area (TPSA) is 0 Å². The van der Waals surface area contributed by atoms with Gasteiger partial charge in [0, 0.05) is 5.92 Å². The lowest BCUT2D eigenvalue weighted by Crippen LogP contribution is -2.12. The highest BCUT2D eigenvalue weighted by molar-refractivity contribution is 5.67. The molecule has 2 atom stereocenters. The number of benzene rings is 2. The molecule has 2 aromatic carbocycles. The minimum Gasteiger partial charge on any atom is -0.0758 e. The number of allylic oxidation sites excluding steroid dienone is 1. The molecule has 0 aromatic heterocycles. The van der Waals surface area contributed by atoms with Crippen LogP contribution in [-0.4, -0.2) is 0 Å². The summed E-state index contributed by atoms with van der Waals surface area (Å²) in [5.41, 5.74) is 7.81. The molecule has 0 amide bonds. The fourth-order valence-electron chi connectivity index (χ4n) is 4.10. The summed E-state index contributed by atoms with van der Waals surface area (Å²) in [5.74, 6) is 1.10. The highest BCUT2D eigenvalue weighted by Crippen LogP contribution is 2.44. The van der Waals surface area contributed by atoms with Crippen LogP contribution in [0.1, 0.15) is 59.4 Å². The predicted molar refractivity (Wildman–Crippen MR) is 89.7 cm³/mol. The summed E-state index contributed by atoms with van der Waals surface area (Å²) in [6.07, 6.45) is 10.0. The van der Waals surface area contributed by atoms with Crippen molar-refractivity contribution in [2.75, 3.05) is 0 Å². The van der Waals surface area contributed by atoms with E-state index in [0.29, 0.717) is 11.8 Å². The van der Waals surface area contributed by atoms with Gasteiger partial charge < -0.3 is 0 Å². The molecule has 0 heteroatoms. The van der Waals surface area contributed by atoms with Gasteiger partial charge in [-0.15, -0.1) is 0 Å². The summed E-state index contributed by atoms with van der Waals surface area (Å²) >= 11 is 0. The second-order valence-electron chi connectivity index (χ2n) is 6.50. The van der Waals surface area contributed by atoms with E-state index < -0.39 is 0 Å². The van der Waals surface area contributed by atoms with Crippen molar-refractivity contribution in [3.05, 3.63) is 76.4 Å². The quantitative estimate of drug-likeness (QED) is 0.680. The first-order valence-corrected chi connectivity index (χ1v) is 8.22. The molecular weight excluding hydrogens is 252 g/mol. The van der Waals surface area contributed by atoms with E-state index in [1.54, 1.807) is 16.7 Å². The fourth-order valence-corrected chi connectivity index (χ4v) is 4.10. The molecule has 2 aromatic rings. The fraction of sp³-hybridized carbons (Fsp3) is 0.333. The van der Waals surface area contributed by atoms with Gasteiger partial charge in [-0.2, -0.15) is 0 Å². The van der Waals surface area contributed by atoms with Crippen LogP contribution in [-0.2, 0) is 12.8 Å². The lowest BCUT2D eigenvalue weighted by atomic mass is 9.78. The van der Waals surface area contributed by atoms with E-state index in [0.717, 1.165) is 0 Å². The molecule has 0 heterocycles. The van der Waals surface area contributed by atoms with Crippen LogP contribution in [0.2, 0.25) is 0 Å². The monoisotopic (exact) mass is 274 g/mol. The summed E-state index contributed by atoms with van der Waals surface area (Å²) in [6.45, 7) is 2.38. The standard InChI is InChI=1S/C21H22/c1-15(16-7-3-2-4-8-16)19-14-13-18-12-11-17-9-5-6-10-20(17)21(18)19/h2-4,7-8,11-15,19H,5-6,9-10H2,1H3. The third kappa shape index (κ3) is 2.14. The summed E-state index contributed by atoms with van der Waals surface area (Å²) in [7, 11) is 0. The van der Waals surface area contributed by atoms with E-state index in [1.165, 1.54) is 36.8 Å². The van der Waals surface area contributed by atoms with Gasteiger partial charge in [0.2, 0.25) is 0 Å². The molecule has 0 saturated carbocycles. The van der Waals surface area contributed by atoms with Gasteiger partial charge in [-0.1, -0.05) is 61.5 Å². The van der Waals surface area contributed by atoms with Crippen molar-refractivity contribution in [3.63, 3.8) is 0 Å². The minimum absolute atomic E-state index is 0.551. The van der Waals surface area contributed by atoms with Gasteiger partial charge in [0.25, 0.3) is 0 Å². The molecule has 0 aliphatic heterocycles. The van der Waals surface area contributed by atoms with Crippen molar-refractivity contribution in [2.24, 2.45) is 0 Å². The maximum absolute atomic E-state index is 2.43. The number of fused-ring (bicyclic) bond motifs is 3. The van der Waals surface area contributed by atoms with Gasteiger partial charge in [0.1, 0.15) is 0 Å². The smallest absolute Gasteiger partial charge is 0.00961 e. The first kappa shape index (κ1) is 12.9. The Morgan fingerprint density at radius 3 is 2.62 bits per heavy atom. The maximum Gasteiger partial charge on any atom is 0.00961 e. The van der Waals surface area contributed by atoms with Gasteiger partial charge in [-0.3, -0.25) is 0 Å². The Labute approximate surface area is 127 Å². The minimum atomic E-state index is 0.551. The average Bonchev–Trinajstić information content (AvgIpc) is 2.99. The molecule has 2 aliphatic carbocycles. The Balaban J connectivity index is 1.77. The maximum atomic E-state index is 2.43. The van der Waals surface area contributed by atoms with Crippen LogP contribution in [0.25, 0.3) is 6.08 Å². The molecule has 0 fully saturated rings. The van der Waals surface area contributed by atoms with Gasteiger partial charge in [0.15, 0.2) is 0 Å². The first-order valence-electron chi connectivity index (χ1n) is 8.22. The van der Waals surface area contributed by atoms with Crippen molar-refractivity contribution < 1.29 is 0 Å². The predicted octanol–water partition coefficient (Wildman–Crippen LogP) is 5.48. The van der Waals surface area contributed by atoms with Crippen LogP contribution < -0.4 is 0 Å². The van der Waals surface area contributed by atoms with Crippen molar-refractivity contribution in [2.45, 2.75) is 44.4 Å². The summed E-state index contributed by atoms with van der Waals surface area (Å²) in [5, 5.41) is 0. The molecule has 106 valence electrons. The lowest BCUT2D eigenvalue weighted by Gasteiger charge is -2.26. The largest absolute Gasteiger partial charge is 0.0758 e. The number of hydrogen-bond acceptors (Lipinski definition) is 0. The SMILES string of the molecule is CC(c1ccccc1)C1C=Cc2ccc3c(c21)CCCC3. The molecule has 2 unspecified atom stereocenters. The molecule has 21 heavy (non-hydrogen) atoms. The third-order valence-electron chi connectivity index (χ3n) is 5.29. The van der Waals surface area contributed by atoms with Gasteiger partial charge in [-0.25, -0.2) is 0 Å². The molecule has 0 nitrogen and oxygen atoms in total. The summed E-state index contributed by atoms with van der Waals surface area (Å²) in [4.78, 5) is 0. The van der Waals surface area contributed by atoms with Crippen LogP contribution in [0.5, 0.6) is 0 Å². The molecule has 0 N–H and O–H groups in total. The van der Waals surface area contributed by atoms with Crippen molar-refractivity contribution in [3.8, 4) is 0 Å². The van der Waals surface area contributed by atoms with E-state index in [9.17, 15) is 0 Å². The molecule has 2 aliphatic rings. The Hall–Kier alpha value is -1.82. The molecule has 0 saturated heterocycles. The Bertz CT molecular complexity index is 679. The Kier molecular flexibility index (Phi) is 3.18. The van der Waals surface area contributed by atoms with Crippen molar-refractivity contribution >= 4 is 6.08 Å². The molecular formula is C21H22. The van der Waals surface area contributed by atoms with Gasteiger partial charge >= 0.3 is 0 Å². The Morgan fingerprint density at radius 1 is 0.952 bits per heavy atom. The zero-order chi connectivity index (χ0) is 14.2. The van der Waals surface area contributed by atoms with E-state index >= 15 is 0 Å². The molecule has 0 spiro atoms. The Morgan fingerprint density at radius 2 is 1.76 bits per heavy atom. The molecule has 0 bridgehead atoms. The number of hydrogen-bond donors (Lipinski definition) is 0. The van der Waals surface area contributed by atoms with Crippen LogP contribution in [0.4, 0.5) is 0 Å². The molecule has 0 radical (unpaired) electrons. The highest BCUT2D eigenvalue weighted by Gasteiger charge is 2.28. The lowest BCUT2D eigenvalue weighted by molar-refractivity contribution is 0.643. The molecule has 4 rings (SSSR count). The first-order chi connectivity index (χ1) is 10.3. The average molecular weight is 274 g/mol. The van der Waals surface area contributed by atoms with E-state index in [4.69, 9.17) is 0 Å². The highest BCUT2D eigenvalue weighted by atomic mass is 14.3. The van der Waals surface area contributed by atoms with Crippen LogP contribution >= 0.6 is 0 Å². The zero-order valence-corrected chi connectivity index (χ0v) is 12.7. The third-order valence-corrected chi connectivity index (χ3v) is 5.29. The van der Waals surface area contributed by atoms with Crippen LogP contribution in [0.3, 0.4) is 0 Å². The second kappa shape index (κ2) is 5.18. The van der Waals surface area contributed by atoms with E-state index in [2.05, 4.69) is 61.5 Å². The summed E-state index contributed by atoms with van der Waals surface area (Å²) in [6, 6.07) is 15.7. The number of aryl methyl sites for hydroxylation is 1. The zero-order valence-electron chi connectivity index (χ0n) is 12.7.